The van der Waals surface area contributed by atoms with Gasteiger partial charge in [-0.1, -0.05) is 25.0 Å². The van der Waals surface area contributed by atoms with Crippen LogP contribution >= 0.6 is 0 Å². The molecule has 1 aliphatic carbocycles. The maximum Gasteiger partial charge on any atom is 0.250 e. The highest BCUT2D eigenvalue weighted by molar-refractivity contribution is 5.86. The van der Waals surface area contributed by atoms with Gasteiger partial charge in [0.05, 0.1) is 5.52 Å². The highest BCUT2D eigenvalue weighted by Gasteiger charge is 2.23. The molecule has 0 N–H and O–H groups in total. The van der Waals surface area contributed by atoms with Crippen molar-refractivity contribution < 1.29 is 4.74 Å². The average molecular weight is 406 g/mol. The summed E-state index contributed by atoms with van der Waals surface area (Å²) in [4.78, 5) is 14.0. The van der Waals surface area contributed by atoms with Crippen molar-refractivity contribution in [2.45, 2.75) is 57.2 Å². The highest BCUT2D eigenvalue weighted by atomic mass is 16.5. The van der Waals surface area contributed by atoms with Crippen molar-refractivity contribution in [2.75, 3.05) is 13.1 Å². The molecule has 2 fully saturated rings. The molecule has 0 radical (unpaired) electrons. The molecule has 5 heteroatoms. The van der Waals surface area contributed by atoms with Crippen LogP contribution in [-0.2, 0) is 13.6 Å². The number of hydrogen-bond donors (Lipinski definition) is 0. The number of hydrogen-bond acceptors (Lipinski definition) is 3. The van der Waals surface area contributed by atoms with Crippen molar-refractivity contribution in [1.82, 2.24) is 14.0 Å². The van der Waals surface area contributed by atoms with Gasteiger partial charge in [0.25, 0.3) is 0 Å². The Balaban J connectivity index is 1.22. The van der Waals surface area contributed by atoms with E-state index in [2.05, 4.69) is 39.9 Å². The molecule has 1 aliphatic heterocycles. The molecule has 1 saturated heterocycles. The van der Waals surface area contributed by atoms with Crippen molar-refractivity contribution in [3.8, 4) is 5.75 Å². The van der Waals surface area contributed by atoms with Crippen molar-refractivity contribution in [3.63, 3.8) is 0 Å². The van der Waals surface area contributed by atoms with Gasteiger partial charge >= 0.3 is 0 Å². The summed E-state index contributed by atoms with van der Waals surface area (Å²) in [6, 6.07) is 13.0. The molecule has 158 valence electrons. The number of likely N-dealkylation sites (tertiary alicyclic amines) is 1. The summed E-state index contributed by atoms with van der Waals surface area (Å²) < 4.78 is 10.6. The van der Waals surface area contributed by atoms with Crippen molar-refractivity contribution in [3.05, 3.63) is 64.7 Å². The van der Waals surface area contributed by atoms with Crippen LogP contribution in [0.3, 0.4) is 0 Å². The Morgan fingerprint density at radius 2 is 1.80 bits per heavy atom. The lowest BCUT2D eigenvalue weighted by Crippen LogP contribution is -2.38. The molecule has 0 unspecified atom stereocenters. The zero-order valence-corrected chi connectivity index (χ0v) is 17.8. The fourth-order valence-corrected chi connectivity index (χ4v) is 5.13. The summed E-state index contributed by atoms with van der Waals surface area (Å²) in [5, 5.41) is 1.25. The first-order valence-corrected chi connectivity index (χ1v) is 11.3. The molecule has 3 heterocycles. The van der Waals surface area contributed by atoms with Gasteiger partial charge in [0.2, 0.25) is 5.56 Å². The molecular formula is C25H31N3O2. The molecule has 0 amide bonds. The number of aromatic nitrogens is 2. The first-order chi connectivity index (χ1) is 14.7. The Hall–Kier alpha value is -2.53. The Kier molecular flexibility index (Phi) is 5.38. The van der Waals surface area contributed by atoms with Crippen LogP contribution in [0.5, 0.6) is 5.75 Å². The van der Waals surface area contributed by atoms with E-state index < -0.39 is 0 Å². The van der Waals surface area contributed by atoms with E-state index in [1.807, 2.05) is 19.3 Å². The fourth-order valence-electron chi connectivity index (χ4n) is 5.13. The average Bonchev–Trinajstić information content (AvgIpc) is 3.42. The summed E-state index contributed by atoms with van der Waals surface area (Å²) in [7, 11) is 1.81. The second kappa shape index (κ2) is 8.31. The van der Waals surface area contributed by atoms with Crippen LogP contribution in [0.2, 0.25) is 0 Å². The number of piperidine rings is 1. The third-order valence-corrected chi connectivity index (χ3v) is 6.82. The Morgan fingerprint density at radius 3 is 2.57 bits per heavy atom. The standard InChI is InChI=1S/C25H31N3O2/c1-26-17-19(9-10-25(26)29)18-27-14-11-21(12-15-27)30-24-8-4-7-23-22(24)13-16-28(23)20-5-2-3-6-20/h4,7-10,13,16-17,20-21H,2-3,5-6,11-12,14-15,18H2,1H3. The summed E-state index contributed by atoms with van der Waals surface area (Å²) in [6.45, 7) is 2.93. The van der Waals surface area contributed by atoms with Crippen LogP contribution in [0, 0.1) is 0 Å². The van der Waals surface area contributed by atoms with Crippen LogP contribution in [0.25, 0.3) is 10.9 Å². The van der Waals surface area contributed by atoms with Crippen LogP contribution in [0.4, 0.5) is 0 Å². The predicted octanol–water partition coefficient (Wildman–Crippen LogP) is 4.50. The minimum absolute atomic E-state index is 0.0433. The summed E-state index contributed by atoms with van der Waals surface area (Å²) in [6.07, 6.45) is 11.8. The van der Waals surface area contributed by atoms with Crippen molar-refractivity contribution in [2.24, 2.45) is 7.05 Å². The molecule has 0 spiro atoms. The van der Waals surface area contributed by atoms with E-state index >= 15 is 0 Å². The predicted molar refractivity (Wildman–Crippen MR) is 120 cm³/mol. The zero-order valence-electron chi connectivity index (χ0n) is 17.8. The number of ether oxygens (including phenoxy) is 1. The van der Waals surface area contributed by atoms with E-state index in [1.165, 1.54) is 42.1 Å². The number of rotatable bonds is 5. The minimum Gasteiger partial charge on any atom is -0.490 e. The lowest BCUT2D eigenvalue weighted by molar-refractivity contribution is 0.0979. The van der Waals surface area contributed by atoms with Gasteiger partial charge < -0.3 is 13.9 Å². The van der Waals surface area contributed by atoms with Crippen LogP contribution in [-0.4, -0.2) is 33.2 Å². The highest BCUT2D eigenvalue weighted by Crippen LogP contribution is 2.36. The first kappa shape index (κ1) is 19.4. The lowest BCUT2D eigenvalue weighted by atomic mass is 10.1. The van der Waals surface area contributed by atoms with Gasteiger partial charge in [-0.3, -0.25) is 9.69 Å². The minimum atomic E-state index is 0.0433. The second-order valence-corrected chi connectivity index (χ2v) is 8.93. The molecule has 5 nitrogen and oxygen atoms in total. The molecule has 30 heavy (non-hydrogen) atoms. The van der Waals surface area contributed by atoms with Gasteiger partial charge in [-0.2, -0.15) is 0 Å². The molecule has 2 aromatic heterocycles. The molecule has 0 atom stereocenters. The normalized spacial score (nSPS) is 19.0. The van der Waals surface area contributed by atoms with E-state index in [1.54, 1.807) is 10.6 Å². The van der Waals surface area contributed by atoms with E-state index in [4.69, 9.17) is 4.74 Å². The molecule has 5 rings (SSSR count). The lowest BCUT2D eigenvalue weighted by Gasteiger charge is -2.32. The van der Waals surface area contributed by atoms with Gasteiger partial charge in [-0.15, -0.1) is 0 Å². The number of pyridine rings is 1. The number of aryl methyl sites for hydroxylation is 1. The van der Waals surface area contributed by atoms with Gasteiger partial charge in [-0.25, -0.2) is 0 Å². The Bertz CT molecular complexity index is 1070. The van der Waals surface area contributed by atoms with E-state index in [0.717, 1.165) is 38.2 Å². The first-order valence-electron chi connectivity index (χ1n) is 11.3. The maximum atomic E-state index is 11.6. The van der Waals surface area contributed by atoms with Crippen LogP contribution in [0.15, 0.2) is 53.6 Å². The second-order valence-electron chi connectivity index (χ2n) is 8.93. The molecule has 2 aliphatic rings. The topological polar surface area (TPSA) is 39.4 Å². The SMILES string of the molecule is Cn1cc(CN2CCC(Oc3cccc4c3ccn4C3CCCC3)CC2)ccc1=O. The summed E-state index contributed by atoms with van der Waals surface area (Å²) in [5.74, 6) is 1.03. The third kappa shape index (κ3) is 3.91. The van der Waals surface area contributed by atoms with E-state index in [9.17, 15) is 4.79 Å². The molecule has 0 bridgehead atoms. The molecule has 1 aromatic carbocycles. The van der Waals surface area contributed by atoms with Gasteiger partial charge in [0.15, 0.2) is 0 Å². The molecule has 3 aromatic rings. The quantitative estimate of drug-likeness (QED) is 0.627. The largest absolute Gasteiger partial charge is 0.490 e. The van der Waals surface area contributed by atoms with Gasteiger partial charge in [-0.05, 0) is 49.4 Å². The molecule has 1 saturated carbocycles. The monoisotopic (exact) mass is 405 g/mol. The summed E-state index contributed by atoms with van der Waals surface area (Å²) >= 11 is 0. The van der Waals surface area contributed by atoms with Crippen LogP contribution in [0.1, 0.15) is 50.1 Å². The third-order valence-electron chi connectivity index (χ3n) is 6.82. The summed E-state index contributed by atoms with van der Waals surface area (Å²) in [5.41, 5.74) is 2.54. The smallest absolute Gasteiger partial charge is 0.250 e. The Labute approximate surface area is 177 Å². The van der Waals surface area contributed by atoms with E-state index in [-0.39, 0.29) is 11.7 Å². The maximum absolute atomic E-state index is 11.6. The Morgan fingerprint density at radius 1 is 1.00 bits per heavy atom. The van der Waals surface area contributed by atoms with E-state index in [0.29, 0.717) is 6.04 Å². The fraction of sp³-hybridized carbons (Fsp3) is 0.480. The molecular weight excluding hydrogens is 374 g/mol. The number of nitrogens with zero attached hydrogens (tertiary/aromatic N) is 3. The number of fused-ring (bicyclic) bond motifs is 1. The van der Waals surface area contributed by atoms with Crippen molar-refractivity contribution >= 4 is 10.9 Å². The van der Waals surface area contributed by atoms with Gasteiger partial charge in [0, 0.05) is 56.6 Å². The van der Waals surface area contributed by atoms with Gasteiger partial charge in [0.1, 0.15) is 11.9 Å². The zero-order chi connectivity index (χ0) is 20.5. The van der Waals surface area contributed by atoms with Crippen molar-refractivity contribution in [1.29, 1.82) is 0 Å². The number of benzene rings is 1. The van der Waals surface area contributed by atoms with Crippen LogP contribution < -0.4 is 10.3 Å².